The quantitative estimate of drug-likeness (QED) is 0.668. The average molecular weight is 409 g/mol. The third-order valence-corrected chi connectivity index (χ3v) is 6.08. The molecule has 0 unspecified atom stereocenters. The predicted octanol–water partition coefficient (Wildman–Crippen LogP) is 3.32. The zero-order chi connectivity index (χ0) is 21.5. The van der Waals surface area contributed by atoms with Crippen LogP contribution in [0, 0.1) is 6.92 Å². The smallest absolute Gasteiger partial charge is 0.237 e. The van der Waals surface area contributed by atoms with Crippen LogP contribution in [0.25, 0.3) is 0 Å². The second kappa shape index (κ2) is 10.6. The van der Waals surface area contributed by atoms with Crippen LogP contribution in [0.2, 0.25) is 0 Å². The Labute approximate surface area is 181 Å². The zero-order valence-corrected chi connectivity index (χ0v) is 18.8. The summed E-state index contributed by atoms with van der Waals surface area (Å²) in [5, 5.41) is 6.51. The molecule has 5 nitrogen and oxygen atoms in total. The molecular weight excluding hydrogens is 372 g/mol. The maximum atomic E-state index is 12.5. The number of carbonyl (C=O) groups is 1. The normalized spacial score (nSPS) is 19.1. The van der Waals surface area contributed by atoms with Crippen molar-refractivity contribution in [2.75, 3.05) is 31.6 Å². The fraction of sp³-hybridized carbons (Fsp3) is 0.480. The number of rotatable bonds is 9. The highest BCUT2D eigenvalue weighted by Gasteiger charge is 2.36. The van der Waals surface area contributed by atoms with Crippen LogP contribution >= 0.6 is 0 Å². The van der Waals surface area contributed by atoms with Crippen LogP contribution in [0.1, 0.15) is 37.0 Å². The van der Waals surface area contributed by atoms with E-state index in [-0.39, 0.29) is 11.9 Å². The Morgan fingerprint density at radius 1 is 1.10 bits per heavy atom. The number of aryl methyl sites for hydroxylation is 1. The van der Waals surface area contributed by atoms with Gasteiger partial charge in [0.05, 0.1) is 6.04 Å². The van der Waals surface area contributed by atoms with Gasteiger partial charge in [0.2, 0.25) is 5.91 Å². The van der Waals surface area contributed by atoms with Crippen LogP contribution < -0.4 is 15.5 Å². The second-order valence-corrected chi connectivity index (χ2v) is 8.20. The molecule has 0 saturated carbocycles. The van der Waals surface area contributed by atoms with Gasteiger partial charge in [0.25, 0.3) is 0 Å². The Morgan fingerprint density at radius 2 is 1.83 bits per heavy atom. The van der Waals surface area contributed by atoms with Gasteiger partial charge in [-0.2, -0.15) is 0 Å². The summed E-state index contributed by atoms with van der Waals surface area (Å²) >= 11 is 0. The zero-order valence-electron chi connectivity index (χ0n) is 18.8. The summed E-state index contributed by atoms with van der Waals surface area (Å²) in [7, 11) is 1.73. The van der Waals surface area contributed by atoms with E-state index >= 15 is 0 Å². The highest BCUT2D eigenvalue weighted by atomic mass is 16.2. The first-order valence-electron chi connectivity index (χ1n) is 11.1. The largest absolute Gasteiger partial charge is 0.372 e. The molecule has 1 aliphatic rings. The van der Waals surface area contributed by atoms with E-state index in [1.165, 1.54) is 22.4 Å². The Kier molecular flexibility index (Phi) is 7.88. The molecule has 0 aromatic heterocycles. The lowest BCUT2D eigenvalue weighted by Gasteiger charge is -2.24. The summed E-state index contributed by atoms with van der Waals surface area (Å²) in [6.45, 7) is 11.0. The molecule has 5 heteroatoms. The molecule has 1 fully saturated rings. The van der Waals surface area contributed by atoms with Gasteiger partial charge in [-0.05, 0) is 50.5 Å². The van der Waals surface area contributed by atoms with Crippen molar-refractivity contribution in [3.8, 4) is 0 Å². The van der Waals surface area contributed by atoms with Crippen LogP contribution in [-0.2, 0) is 17.9 Å². The number of nitrogens with zero attached hydrogens (tertiary/aromatic N) is 2. The highest BCUT2D eigenvalue weighted by molar-refractivity contribution is 5.81. The van der Waals surface area contributed by atoms with Gasteiger partial charge in [-0.15, -0.1) is 0 Å². The molecule has 1 saturated heterocycles. The van der Waals surface area contributed by atoms with Gasteiger partial charge in [0, 0.05) is 51.5 Å². The van der Waals surface area contributed by atoms with Crippen molar-refractivity contribution >= 4 is 11.6 Å². The van der Waals surface area contributed by atoms with E-state index in [1.54, 1.807) is 7.05 Å². The third-order valence-electron chi connectivity index (χ3n) is 6.08. The minimum absolute atomic E-state index is 0.0903. The average Bonchev–Trinajstić information content (AvgIpc) is 3.16. The monoisotopic (exact) mass is 408 g/mol. The van der Waals surface area contributed by atoms with Crippen molar-refractivity contribution in [2.45, 2.75) is 52.4 Å². The number of benzene rings is 2. The number of nitrogens with one attached hydrogen (secondary N) is 2. The van der Waals surface area contributed by atoms with Gasteiger partial charge in [0.15, 0.2) is 0 Å². The molecule has 30 heavy (non-hydrogen) atoms. The maximum Gasteiger partial charge on any atom is 0.237 e. The number of amides is 1. The summed E-state index contributed by atoms with van der Waals surface area (Å²) in [6, 6.07) is 17.6. The molecule has 0 aliphatic carbocycles. The van der Waals surface area contributed by atoms with E-state index in [1.807, 2.05) is 0 Å². The third kappa shape index (κ3) is 5.61. The molecular formula is C25H36N4O. The van der Waals surface area contributed by atoms with E-state index in [2.05, 4.69) is 89.7 Å². The van der Waals surface area contributed by atoms with E-state index in [0.717, 1.165) is 39.1 Å². The first kappa shape index (κ1) is 22.3. The molecule has 162 valence electrons. The number of likely N-dealkylation sites (tertiary alicyclic amines) is 1. The first-order chi connectivity index (χ1) is 14.5. The standard InChI is InChI=1S/C25H36N4O/c1-5-28(6-2)23-12-10-20(11-13-23)17-29-18-22(15-24(29)25(30)26-4)27-16-21-9-7-8-19(3)14-21/h7-14,22,24,27H,5-6,15-18H2,1-4H3,(H,26,30)/t22-,24-/m0/s1. The minimum Gasteiger partial charge on any atom is -0.372 e. The first-order valence-corrected chi connectivity index (χ1v) is 11.1. The fourth-order valence-corrected chi connectivity index (χ4v) is 4.39. The lowest BCUT2D eigenvalue weighted by atomic mass is 10.1. The van der Waals surface area contributed by atoms with E-state index in [4.69, 9.17) is 0 Å². The van der Waals surface area contributed by atoms with Crippen molar-refractivity contribution in [1.29, 1.82) is 0 Å². The Bertz CT molecular complexity index is 816. The van der Waals surface area contributed by atoms with Crippen LogP contribution in [-0.4, -0.2) is 49.6 Å². The number of anilines is 1. The molecule has 1 aliphatic heterocycles. The fourth-order valence-electron chi connectivity index (χ4n) is 4.39. The van der Waals surface area contributed by atoms with E-state index in [9.17, 15) is 4.79 Å². The van der Waals surface area contributed by atoms with E-state index < -0.39 is 0 Å². The Balaban J connectivity index is 1.64. The number of hydrogen-bond acceptors (Lipinski definition) is 4. The Morgan fingerprint density at radius 3 is 2.47 bits per heavy atom. The van der Waals surface area contributed by atoms with Gasteiger partial charge in [-0.25, -0.2) is 0 Å². The Hall–Kier alpha value is -2.37. The summed E-state index contributed by atoms with van der Waals surface area (Å²) < 4.78 is 0. The number of hydrogen-bond donors (Lipinski definition) is 2. The molecule has 0 spiro atoms. The SMILES string of the molecule is CCN(CC)c1ccc(CN2C[C@@H](NCc3cccc(C)c3)C[C@H]2C(=O)NC)cc1. The molecule has 2 aromatic rings. The van der Waals surface area contributed by atoms with Crippen molar-refractivity contribution in [3.63, 3.8) is 0 Å². The molecule has 0 radical (unpaired) electrons. The molecule has 2 aromatic carbocycles. The van der Waals surface area contributed by atoms with Gasteiger partial charge in [0.1, 0.15) is 0 Å². The number of likely N-dealkylation sites (N-methyl/N-ethyl adjacent to an activating group) is 1. The molecule has 1 amide bonds. The lowest BCUT2D eigenvalue weighted by molar-refractivity contribution is -0.125. The molecule has 1 heterocycles. The molecule has 0 bridgehead atoms. The number of carbonyl (C=O) groups excluding carboxylic acids is 1. The highest BCUT2D eigenvalue weighted by Crippen LogP contribution is 2.23. The maximum absolute atomic E-state index is 12.5. The topological polar surface area (TPSA) is 47.6 Å². The summed E-state index contributed by atoms with van der Waals surface area (Å²) in [4.78, 5) is 17.2. The molecule has 3 rings (SSSR count). The van der Waals surface area contributed by atoms with Gasteiger partial charge in [-0.1, -0.05) is 42.0 Å². The lowest BCUT2D eigenvalue weighted by Crippen LogP contribution is -2.41. The minimum atomic E-state index is -0.0903. The van der Waals surface area contributed by atoms with Crippen LogP contribution in [0.15, 0.2) is 48.5 Å². The van der Waals surface area contributed by atoms with Crippen LogP contribution in [0.3, 0.4) is 0 Å². The summed E-state index contributed by atoms with van der Waals surface area (Å²) in [6.07, 6.45) is 0.836. The van der Waals surface area contributed by atoms with Gasteiger partial charge in [-0.3, -0.25) is 9.69 Å². The second-order valence-electron chi connectivity index (χ2n) is 8.20. The van der Waals surface area contributed by atoms with Gasteiger partial charge >= 0.3 is 0 Å². The van der Waals surface area contributed by atoms with Gasteiger partial charge < -0.3 is 15.5 Å². The molecule has 2 N–H and O–H groups in total. The van der Waals surface area contributed by atoms with Crippen molar-refractivity contribution in [1.82, 2.24) is 15.5 Å². The predicted molar refractivity (Wildman–Crippen MR) is 125 cm³/mol. The van der Waals surface area contributed by atoms with E-state index in [0.29, 0.717) is 6.04 Å². The molecule has 2 atom stereocenters. The van der Waals surface area contributed by atoms with Crippen molar-refractivity contribution in [2.24, 2.45) is 0 Å². The summed E-state index contributed by atoms with van der Waals surface area (Å²) in [5.74, 6) is 0.106. The van der Waals surface area contributed by atoms with Crippen LogP contribution in [0.4, 0.5) is 5.69 Å². The summed E-state index contributed by atoms with van der Waals surface area (Å²) in [5.41, 5.74) is 5.07. The van der Waals surface area contributed by atoms with Crippen molar-refractivity contribution in [3.05, 3.63) is 65.2 Å². The van der Waals surface area contributed by atoms with Crippen molar-refractivity contribution < 1.29 is 4.79 Å². The van der Waals surface area contributed by atoms with Crippen LogP contribution in [0.5, 0.6) is 0 Å².